The molecule has 0 spiro atoms. The Balaban J connectivity index is 1.31. The van der Waals surface area contributed by atoms with Gasteiger partial charge in [0.05, 0.1) is 24.4 Å². The highest BCUT2D eigenvalue weighted by Gasteiger charge is 2.69. The van der Waals surface area contributed by atoms with Gasteiger partial charge in [-0.25, -0.2) is 0 Å². The minimum atomic E-state index is -1.29. The van der Waals surface area contributed by atoms with Crippen LogP contribution in [0.25, 0.3) is 0 Å². The molecule has 0 aromatic carbocycles. The molecule has 8 nitrogen and oxygen atoms in total. The standard InChI is InChI=1S/C27H47NO7/c1-13(29)17-8-10-27(28)18-6-5-15-11-16(35-24-23(33)22(32)21(31)14(2)34-24)7-9-25(15,3)19(18)12-20(30)26(17,27)4/h13-24,29-33H,5-12,28H2,1-4H3/t13-,14-,15+,16-,17+,18+,19-,20+,21-,22+,23+,24-,25-,26-,27-/m0/s1. The summed E-state index contributed by atoms with van der Waals surface area (Å²) < 4.78 is 11.9. The van der Waals surface area contributed by atoms with E-state index in [1.54, 1.807) is 6.92 Å². The fraction of sp³-hybridized carbons (Fsp3) is 1.00. The molecule has 0 radical (unpaired) electrons. The summed E-state index contributed by atoms with van der Waals surface area (Å²) in [4.78, 5) is 0. The van der Waals surface area contributed by atoms with Crippen LogP contribution in [-0.2, 0) is 9.47 Å². The number of ether oxygens (including phenoxy) is 2. The molecule has 5 rings (SSSR count). The van der Waals surface area contributed by atoms with Gasteiger partial charge >= 0.3 is 0 Å². The second-order valence-corrected chi connectivity index (χ2v) is 13.2. The number of hydrogen-bond acceptors (Lipinski definition) is 8. The van der Waals surface area contributed by atoms with E-state index in [0.29, 0.717) is 17.8 Å². The van der Waals surface area contributed by atoms with E-state index in [2.05, 4.69) is 13.8 Å². The van der Waals surface area contributed by atoms with Crippen LogP contribution in [0.3, 0.4) is 0 Å². The van der Waals surface area contributed by atoms with Crippen molar-refractivity contribution in [3.8, 4) is 0 Å². The molecular formula is C27H47NO7. The summed E-state index contributed by atoms with van der Waals surface area (Å²) in [7, 11) is 0. The normalized spacial score (nSPS) is 59.3. The van der Waals surface area contributed by atoms with E-state index in [0.717, 1.165) is 51.4 Å². The number of aliphatic hydroxyl groups excluding tert-OH is 5. The van der Waals surface area contributed by atoms with Crippen LogP contribution in [0, 0.1) is 34.5 Å². The zero-order chi connectivity index (χ0) is 25.5. The van der Waals surface area contributed by atoms with Gasteiger partial charge < -0.3 is 40.7 Å². The second-order valence-electron chi connectivity index (χ2n) is 13.2. The molecule has 5 fully saturated rings. The van der Waals surface area contributed by atoms with Gasteiger partial charge in [0.15, 0.2) is 6.29 Å². The SMILES string of the molecule is C[C@H](O)[C@H]1CC[C@]2(N)[C@@H]3CC[C@@H]4C[C@@H](O[C@@H]5O[C@@H](C)[C@H](O)[C@@H](O)[C@H]5O)CC[C@]4(C)[C@H]3C[C@@H](O)[C@]12C. The van der Waals surface area contributed by atoms with E-state index in [9.17, 15) is 25.5 Å². The first-order chi connectivity index (χ1) is 16.3. The van der Waals surface area contributed by atoms with Crippen molar-refractivity contribution in [1.29, 1.82) is 0 Å². The average molecular weight is 498 g/mol. The molecule has 5 aliphatic rings. The summed E-state index contributed by atoms with van der Waals surface area (Å²) in [5.74, 6) is 1.11. The monoisotopic (exact) mass is 497 g/mol. The van der Waals surface area contributed by atoms with Crippen molar-refractivity contribution >= 4 is 0 Å². The summed E-state index contributed by atoms with van der Waals surface area (Å²) in [5.41, 5.74) is 6.39. The molecule has 0 aromatic rings. The Morgan fingerprint density at radius 3 is 2.31 bits per heavy atom. The largest absolute Gasteiger partial charge is 0.393 e. The van der Waals surface area contributed by atoms with Gasteiger partial charge in [0, 0.05) is 11.0 Å². The van der Waals surface area contributed by atoms with E-state index in [1.165, 1.54) is 0 Å². The molecule has 7 N–H and O–H groups in total. The molecule has 8 heteroatoms. The molecule has 35 heavy (non-hydrogen) atoms. The van der Waals surface area contributed by atoms with Gasteiger partial charge in [-0.15, -0.1) is 0 Å². The molecule has 0 amide bonds. The number of rotatable bonds is 3. The Kier molecular flexibility index (Phi) is 6.66. The molecule has 1 heterocycles. The van der Waals surface area contributed by atoms with Crippen molar-refractivity contribution in [1.82, 2.24) is 0 Å². The molecule has 15 atom stereocenters. The zero-order valence-corrected chi connectivity index (χ0v) is 21.7. The minimum absolute atomic E-state index is 0.0243. The lowest BCUT2D eigenvalue weighted by Crippen LogP contribution is -2.71. The van der Waals surface area contributed by atoms with Gasteiger partial charge in [-0.1, -0.05) is 13.8 Å². The molecule has 1 aliphatic heterocycles. The molecular weight excluding hydrogens is 450 g/mol. The van der Waals surface area contributed by atoms with Gasteiger partial charge in [0.1, 0.15) is 18.3 Å². The van der Waals surface area contributed by atoms with Crippen molar-refractivity contribution in [3.05, 3.63) is 0 Å². The van der Waals surface area contributed by atoms with E-state index in [-0.39, 0.29) is 17.4 Å². The van der Waals surface area contributed by atoms with Crippen LogP contribution in [0.5, 0.6) is 0 Å². The molecule has 4 saturated carbocycles. The minimum Gasteiger partial charge on any atom is -0.393 e. The Labute approximate surface area is 209 Å². The molecule has 0 unspecified atom stereocenters. The summed E-state index contributed by atoms with van der Waals surface area (Å²) in [6, 6.07) is 0. The van der Waals surface area contributed by atoms with Crippen molar-refractivity contribution in [3.63, 3.8) is 0 Å². The fourth-order valence-electron chi connectivity index (χ4n) is 9.53. The maximum Gasteiger partial charge on any atom is 0.186 e. The summed E-state index contributed by atoms with van der Waals surface area (Å²) in [6.45, 7) is 8.01. The smallest absolute Gasteiger partial charge is 0.186 e. The number of fused-ring (bicyclic) bond motifs is 5. The van der Waals surface area contributed by atoms with Crippen LogP contribution in [-0.4, -0.2) is 80.1 Å². The Morgan fingerprint density at radius 2 is 1.63 bits per heavy atom. The highest BCUT2D eigenvalue weighted by molar-refractivity contribution is 5.22. The number of hydrogen-bond donors (Lipinski definition) is 6. The van der Waals surface area contributed by atoms with Crippen molar-refractivity contribution in [2.45, 2.75) is 134 Å². The van der Waals surface area contributed by atoms with Crippen LogP contribution < -0.4 is 5.73 Å². The van der Waals surface area contributed by atoms with Crippen LogP contribution in [0.15, 0.2) is 0 Å². The third kappa shape index (κ3) is 3.69. The predicted molar refractivity (Wildman–Crippen MR) is 129 cm³/mol. The average Bonchev–Trinajstić information content (AvgIpc) is 3.10. The lowest BCUT2D eigenvalue weighted by molar-refractivity contribution is -0.310. The van der Waals surface area contributed by atoms with E-state index < -0.39 is 53.9 Å². The van der Waals surface area contributed by atoms with Crippen LogP contribution in [0.1, 0.15) is 79.1 Å². The van der Waals surface area contributed by atoms with Gasteiger partial charge in [0.25, 0.3) is 0 Å². The van der Waals surface area contributed by atoms with Gasteiger partial charge in [-0.2, -0.15) is 0 Å². The van der Waals surface area contributed by atoms with Crippen molar-refractivity contribution < 1.29 is 35.0 Å². The quantitative estimate of drug-likeness (QED) is 0.320. The van der Waals surface area contributed by atoms with Crippen molar-refractivity contribution in [2.75, 3.05) is 0 Å². The summed E-state index contributed by atoms with van der Waals surface area (Å²) >= 11 is 0. The second kappa shape index (κ2) is 8.87. The molecule has 202 valence electrons. The highest BCUT2D eigenvalue weighted by atomic mass is 16.7. The molecule has 4 aliphatic carbocycles. The number of nitrogens with two attached hydrogens (primary N) is 1. The third-order valence-corrected chi connectivity index (χ3v) is 11.8. The predicted octanol–water partition coefficient (Wildman–Crippen LogP) is 1.29. The topological polar surface area (TPSA) is 146 Å². The van der Waals surface area contributed by atoms with Gasteiger partial charge in [-0.3, -0.25) is 0 Å². The summed E-state index contributed by atoms with van der Waals surface area (Å²) in [5, 5.41) is 52.6. The lowest BCUT2D eigenvalue weighted by Gasteiger charge is -2.65. The Hall–Kier alpha value is -0.320. The van der Waals surface area contributed by atoms with Crippen LogP contribution in [0.2, 0.25) is 0 Å². The first-order valence-electron chi connectivity index (χ1n) is 13.8. The van der Waals surface area contributed by atoms with Crippen LogP contribution >= 0.6 is 0 Å². The highest BCUT2D eigenvalue weighted by Crippen LogP contribution is 2.68. The van der Waals surface area contributed by atoms with E-state index in [1.807, 2.05) is 6.92 Å². The number of aliphatic hydroxyl groups is 5. The van der Waals surface area contributed by atoms with Gasteiger partial charge in [0.2, 0.25) is 0 Å². The maximum absolute atomic E-state index is 11.5. The van der Waals surface area contributed by atoms with Crippen molar-refractivity contribution in [2.24, 2.45) is 40.2 Å². The fourth-order valence-corrected chi connectivity index (χ4v) is 9.53. The van der Waals surface area contributed by atoms with Crippen LogP contribution in [0.4, 0.5) is 0 Å². The third-order valence-electron chi connectivity index (χ3n) is 11.8. The Bertz CT molecular complexity index is 797. The lowest BCUT2D eigenvalue weighted by atomic mass is 9.42. The summed E-state index contributed by atoms with van der Waals surface area (Å²) in [6.07, 6.45) is 0.780. The molecule has 0 bridgehead atoms. The first kappa shape index (κ1) is 26.3. The Morgan fingerprint density at radius 1 is 0.914 bits per heavy atom. The van der Waals surface area contributed by atoms with E-state index in [4.69, 9.17) is 15.2 Å². The molecule has 1 saturated heterocycles. The zero-order valence-electron chi connectivity index (χ0n) is 21.7. The maximum atomic E-state index is 11.5. The first-order valence-corrected chi connectivity index (χ1v) is 13.8. The molecule has 0 aromatic heterocycles. The van der Waals surface area contributed by atoms with E-state index >= 15 is 0 Å². The van der Waals surface area contributed by atoms with Gasteiger partial charge in [-0.05, 0) is 94.3 Å².